The van der Waals surface area contributed by atoms with Crippen LogP contribution >= 0.6 is 0 Å². The minimum absolute atomic E-state index is 0.454. The van der Waals surface area contributed by atoms with Gasteiger partial charge in [0, 0.05) is 18.6 Å². The second-order valence-electron chi connectivity index (χ2n) is 3.44. The predicted octanol–water partition coefficient (Wildman–Crippen LogP) is 1.41. The van der Waals surface area contributed by atoms with E-state index in [2.05, 4.69) is 19.2 Å². The van der Waals surface area contributed by atoms with Gasteiger partial charge in [-0.25, -0.2) is 0 Å². The van der Waals surface area contributed by atoms with Crippen LogP contribution in [0.4, 0.5) is 0 Å². The SMILES string of the molecule is CCNCC1(CC)CCOC1. The molecule has 0 aliphatic carbocycles. The maximum Gasteiger partial charge on any atom is 0.0535 e. The molecular weight excluding hydrogens is 138 g/mol. The fourth-order valence-corrected chi connectivity index (χ4v) is 1.58. The number of ether oxygens (including phenoxy) is 1. The molecule has 0 spiro atoms. The summed E-state index contributed by atoms with van der Waals surface area (Å²) >= 11 is 0. The number of hydrogen-bond donors (Lipinski definition) is 1. The van der Waals surface area contributed by atoms with Crippen LogP contribution in [0.1, 0.15) is 26.7 Å². The molecule has 0 saturated carbocycles. The van der Waals surface area contributed by atoms with Gasteiger partial charge < -0.3 is 10.1 Å². The van der Waals surface area contributed by atoms with Crippen LogP contribution < -0.4 is 5.32 Å². The first-order chi connectivity index (χ1) is 5.33. The Labute approximate surface area is 69.3 Å². The molecule has 1 saturated heterocycles. The third-order valence-corrected chi connectivity index (χ3v) is 2.68. The first-order valence-electron chi connectivity index (χ1n) is 4.61. The number of rotatable bonds is 4. The van der Waals surface area contributed by atoms with Gasteiger partial charge >= 0.3 is 0 Å². The lowest BCUT2D eigenvalue weighted by Gasteiger charge is -2.25. The highest BCUT2D eigenvalue weighted by atomic mass is 16.5. The molecule has 0 amide bonds. The van der Waals surface area contributed by atoms with E-state index in [-0.39, 0.29) is 0 Å². The minimum atomic E-state index is 0.454. The lowest BCUT2D eigenvalue weighted by atomic mass is 9.84. The zero-order chi connectivity index (χ0) is 8.16. The quantitative estimate of drug-likeness (QED) is 0.666. The molecule has 11 heavy (non-hydrogen) atoms. The highest BCUT2D eigenvalue weighted by Crippen LogP contribution is 2.30. The molecule has 1 heterocycles. The van der Waals surface area contributed by atoms with E-state index in [0.717, 1.165) is 26.3 Å². The van der Waals surface area contributed by atoms with E-state index in [0.29, 0.717) is 5.41 Å². The first-order valence-corrected chi connectivity index (χ1v) is 4.61. The summed E-state index contributed by atoms with van der Waals surface area (Å²) in [6.45, 7) is 8.52. The molecule has 1 fully saturated rings. The molecule has 66 valence electrons. The van der Waals surface area contributed by atoms with Gasteiger partial charge in [-0.2, -0.15) is 0 Å². The van der Waals surface area contributed by atoms with Crippen LogP contribution in [0.2, 0.25) is 0 Å². The number of nitrogens with one attached hydrogen (secondary N) is 1. The van der Waals surface area contributed by atoms with Gasteiger partial charge in [0.2, 0.25) is 0 Å². The Morgan fingerprint density at radius 2 is 2.27 bits per heavy atom. The Morgan fingerprint density at radius 3 is 2.73 bits per heavy atom. The minimum Gasteiger partial charge on any atom is -0.381 e. The largest absolute Gasteiger partial charge is 0.381 e. The molecule has 0 radical (unpaired) electrons. The summed E-state index contributed by atoms with van der Waals surface area (Å²) in [7, 11) is 0. The third kappa shape index (κ3) is 2.17. The van der Waals surface area contributed by atoms with Crippen molar-refractivity contribution in [2.45, 2.75) is 26.7 Å². The molecule has 1 aliphatic heterocycles. The van der Waals surface area contributed by atoms with Gasteiger partial charge in [0.25, 0.3) is 0 Å². The van der Waals surface area contributed by atoms with Gasteiger partial charge in [0.1, 0.15) is 0 Å². The third-order valence-electron chi connectivity index (χ3n) is 2.68. The van der Waals surface area contributed by atoms with Crippen molar-refractivity contribution in [2.75, 3.05) is 26.3 Å². The van der Waals surface area contributed by atoms with E-state index in [1.807, 2.05) is 0 Å². The smallest absolute Gasteiger partial charge is 0.0535 e. The van der Waals surface area contributed by atoms with Crippen LogP contribution in [0.25, 0.3) is 0 Å². The molecule has 2 nitrogen and oxygen atoms in total. The van der Waals surface area contributed by atoms with Crippen LogP contribution in [-0.4, -0.2) is 26.3 Å². The highest BCUT2D eigenvalue weighted by molar-refractivity contribution is 4.83. The monoisotopic (exact) mass is 157 g/mol. The van der Waals surface area contributed by atoms with Crippen molar-refractivity contribution in [1.82, 2.24) is 5.32 Å². The lowest BCUT2D eigenvalue weighted by Crippen LogP contribution is -2.34. The summed E-state index contributed by atoms with van der Waals surface area (Å²) < 4.78 is 5.41. The standard InChI is InChI=1S/C9H19NO/c1-3-9(7-10-4-2)5-6-11-8-9/h10H,3-8H2,1-2H3. The second-order valence-corrected chi connectivity index (χ2v) is 3.44. The molecule has 2 heteroatoms. The summed E-state index contributed by atoms with van der Waals surface area (Å²) in [5.74, 6) is 0. The summed E-state index contributed by atoms with van der Waals surface area (Å²) in [5.41, 5.74) is 0.454. The van der Waals surface area contributed by atoms with Crippen molar-refractivity contribution in [1.29, 1.82) is 0 Å². The van der Waals surface area contributed by atoms with Gasteiger partial charge in [0.15, 0.2) is 0 Å². The molecule has 1 N–H and O–H groups in total. The summed E-state index contributed by atoms with van der Waals surface area (Å²) in [6, 6.07) is 0. The Hall–Kier alpha value is -0.0800. The van der Waals surface area contributed by atoms with Crippen molar-refractivity contribution in [3.05, 3.63) is 0 Å². The molecule has 0 aromatic heterocycles. The van der Waals surface area contributed by atoms with Crippen LogP contribution in [-0.2, 0) is 4.74 Å². The Bertz CT molecular complexity index is 108. The van der Waals surface area contributed by atoms with Gasteiger partial charge in [-0.15, -0.1) is 0 Å². The summed E-state index contributed by atoms with van der Waals surface area (Å²) in [5, 5.41) is 3.40. The predicted molar refractivity (Wildman–Crippen MR) is 46.7 cm³/mol. The normalized spacial score (nSPS) is 31.1. The van der Waals surface area contributed by atoms with Gasteiger partial charge in [-0.3, -0.25) is 0 Å². The zero-order valence-electron chi connectivity index (χ0n) is 7.65. The summed E-state index contributed by atoms with van der Waals surface area (Å²) in [6.07, 6.45) is 2.47. The van der Waals surface area contributed by atoms with E-state index < -0.39 is 0 Å². The van der Waals surface area contributed by atoms with Crippen molar-refractivity contribution in [3.63, 3.8) is 0 Å². The lowest BCUT2D eigenvalue weighted by molar-refractivity contribution is 0.147. The molecule has 0 aromatic carbocycles. The average Bonchev–Trinajstić information content (AvgIpc) is 2.50. The Kier molecular flexibility index (Phi) is 3.34. The van der Waals surface area contributed by atoms with Crippen LogP contribution in [0.3, 0.4) is 0 Å². The number of hydrogen-bond acceptors (Lipinski definition) is 2. The van der Waals surface area contributed by atoms with E-state index in [1.54, 1.807) is 0 Å². The van der Waals surface area contributed by atoms with Crippen molar-refractivity contribution in [2.24, 2.45) is 5.41 Å². The molecule has 0 bridgehead atoms. The second kappa shape index (κ2) is 4.07. The van der Waals surface area contributed by atoms with E-state index in [1.165, 1.54) is 12.8 Å². The van der Waals surface area contributed by atoms with Crippen LogP contribution in [0, 0.1) is 5.41 Å². The molecule has 1 rings (SSSR count). The Morgan fingerprint density at radius 1 is 1.45 bits per heavy atom. The zero-order valence-corrected chi connectivity index (χ0v) is 7.65. The maximum absolute atomic E-state index is 5.41. The highest BCUT2D eigenvalue weighted by Gasteiger charge is 2.32. The van der Waals surface area contributed by atoms with E-state index in [4.69, 9.17) is 4.74 Å². The van der Waals surface area contributed by atoms with Crippen LogP contribution in [0.15, 0.2) is 0 Å². The van der Waals surface area contributed by atoms with Gasteiger partial charge in [-0.05, 0) is 19.4 Å². The van der Waals surface area contributed by atoms with Gasteiger partial charge in [0.05, 0.1) is 6.61 Å². The molecule has 1 atom stereocenters. The fourth-order valence-electron chi connectivity index (χ4n) is 1.58. The van der Waals surface area contributed by atoms with Crippen LogP contribution in [0.5, 0.6) is 0 Å². The molecule has 1 unspecified atom stereocenters. The maximum atomic E-state index is 5.41. The summed E-state index contributed by atoms with van der Waals surface area (Å²) in [4.78, 5) is 0. The average molecular weight is 157 g/mol. The van der Waals surface area contributed by atoms with Gasteiger partial charge in [-0.1, -0.05) is 13.8 Å². The fraction of sp³-hybridized carbons (Fsp3) is 1.00. The first kappa shape index (κ1) is 9.01. The molecule has 1 aliphatic rings. The van der Waals surface area contributed by atoms with Crippen molar-refractivity contribution in [3.8, 4) is 0 Å². The van der Waals surface area contributed by atoms with E-state index >= 15 is 0 Å². The van der Waals surface area contributed by atoms with E-state index in [9.17, 15) is 0 Å². The molecule has 0 aromatic rings. The Balaban J connectivity index is 2.33. The molecular formula is C9H19NO. The topological polar surface area (TPSA) is 21.3 Å². The van der Waals surface area contributed by atoms with Crippen molar-refractivity contribution < 1.29 is 4.74 Å². The van der Waals surface area contributed by atoms with Crippen molar-refractivity contribution >= 4 is 0 Å².